The summed E-state index contributed by atoms with van der Waals surface area (Å²) < 4.78 is 4.77. The standard InChI is InChI=1S/C29H24N2O6/c1-37-29(36)18-11-9-17(10-12-18)25-24(26(33)19-5-4-6-21(32)15-19)27(34)28(35)31(25)14-13-20-16-30-23-8-3-2-7-22(20)23/h2-12,15-16,25,30,32-33H,13-14H2,1H3/b26-24+. The van der Waals surface area contributed by atoms with Crippen LogP contribution in [0.25, 0.3) is 16.7 Å². The number of aromatic amines is 1. The van der Waals surface area contributed by atoms with Crippen LogP contribution in [0.15, 0.2) is 84.6 Å². The van der Waals surface area contributed by atoms with E-state index in [0.29, 0.717) is 17.5 Å². The molecule has 1 unspecified atom stereocenters. The molecule has 1 amide bonds. The number of aromatic nitrogens is 1. The van der Waals surface area contributed by atoms with Crippen LogP contribution in [0, 0.1) is 0 Å². The van der Waals surface area contributed by atoms with E-state index in [9.17, 15) is 24.6 Å². The summed E-state index contributed by atoms with van der Waals surface area (Å²) in [6.45, 7) is 0.215. The molecule has 1 aromatic heterocycles. The number of aliphatic hydroxyl groups excluding tert-OH is 1. The summed E-state index contributed by atoms with van der Waals surface area (Å²) in [6, 6.07) is 19.2. The van der Waals surface area contributed by atoms with Crippen LogP contribution in [0.2, 0.25) is 0 Å². The molecule has 0 bridgehead atoms. The predicted octanol–water partition coefficient (Wildman–Crippen LogP) is 4.32. The second-order valence-corrected chi connectivity index (χ2v) is 8.77. The molecule has 37 heavy (non-hydrogen) atoms. The molecule has 2 heterocycles. The van der Waals surface area contributed by atoms with Gasteiger partial charge in [0.25, 0.3) is 11.7 Å². The predicted molar refractivity (Wildman–Crippen MR) is 137 cm³/mol. The van der Waals surface area contributed by atoms with Crippen molar-refractivity contribution in [2.24, 2.45) is 0 Å². The van der Waals surface area contributed by atoms with Gasteiger partial charge in [0.2, 0.25) is 0 Å². The average molecular weight is 497 g/mol. The first kappa shape index (κ1) is 23.9. The number of aromatic hydroxyl groups is 1. The zero-order chi connectivity index (χ0) is 26.1. The third-order valence-corrected chi connectivity index (χ3v) is 6.60. The molecule has 0 spiro atoms. The van der Waals surface area contributed by atoms with Gasteiger partial charge in [0.05, 0.1) is 24.3 Å². The van der Waals surface area contributed by atoms with Crippen molar-refractivity contribution < 1.29 is 29.3 Å². The largest absolute Gasteiger partial charge is 0.508 e. The average Bonchev–Trinajstić information content (AvgIpc) is 3.44. The summed E-state index contributed by atoms with van der Waals surface area (Å²) in [6.07, 6.45) is 2.36. The highest BCUT2D eigenvalue weighted by Gasteiger charge is 2.46. The van der Waals surface area contributed by atoms with Gasteiger partial charge in [-0.2, -0.15) is 0 Å². The number of Topliss-reactive ketones (excluding diaryl/α,β-unsaturated/α-hetero) is 1. The number of ether oxygens (including phenoxy) is 1. The number of nitrogens with zero attached hydrogens (tertiary/aromatic N) is 1. The number of carbonyl (C=O) groups excluding carboxylic acids is 3. The van der Waals surface area contributed by atoms with Crippen molar-refractivity contribution in [3.8, 4) is 5.75 Å². The van der Waals surface area contributed by atoms with E-state index < -0.39 is 23.7 Å². The number of aliphatic hydroxyl groups is 1. The van der Waals surface area contributed by atoms with E-state index in [1.165, 1.54) is 30.2 Å². The van der Waals surface area contributed by atoms with Gasteiger partial charge in [-0.15, -0.1) is 0 Å². The van der Waals surface area contributed by atoms with E-state index in [0.717, 1.165) is 16.5 Å². The number of esters is 1. The summed E-state index contributed by atoms with van der Waals surface area (Å²) in [4.78, 5) is 43.1. The van der Waals surface area contributed by atoms with Crippen molar-refractivity contribution in [1.29, 1.82) is 0 Å². The quantitative estimate of drug-likeness (QED) is 0.158. The summed E-state index contributed by atoms with van der Waals surface area (Å²) in [5.74, 6) is -2.53. The molecule has 0 radical (unpaired) electrons. The Balaban J connectivity index is 1.57. The second kappa shape index (κ2) is 9.66. The van der Waals surface area contributed by atoms with Crippen molar-refractivity contribution >= 4 is 34.3 Å². The topological polar surface area (TPSA) is 120 Å². The van der Waals surface area contributed by atoms with Gasteiger partial charge in [-0.3, -0.25) is 9.59 Å². The Morgan fingerprint density at radius 3 is 2.49 bits per heavy atom. The second-order valence-electron chi connectivity index (χ2n) is 8.77. The Bertz CT molecular complexity index is 1550. The number of likely N-dealkylation sites (tertiary alicyclic amines) is 1. The molecule has 186 valence electrons. The number of carbonyl (C=O) groups is 3. The first-order valence-electron chi connectivity index (χ1n) is 11.7. The summed E-state index contributed by atoms with van der Waals surface area (Å²) in [7, 11) is 1.28. The van der Waals surface area contributed by atoms with Crippen LogP contribution in [-0.2, 0) is 20.7 Å². The Morgan fingerprint density at radius 1 is 1.00 bits per heavy atom. The van der Waals surface area contributed by atoms with Gasteiger partial charge >= 0.3 is 5.97 Å². The molecular formula is C29H24N2O6. The maximum absolute atomic E-state index is 13.2. The molecule has 4 aromatic rings. The van der Waals surface area contributed by atoms with Gasteiger partial charge in [-0.25, -0.2) is 4.79 Å². The highest BCUT2D eigenvalue weighted by Crippen LogP contribution is 2.40. The summed E-state index contributed by atoms with van der Waals surface area (Å²) in [5, 5.41) is 22.1. The maximum Gasteiger partial charge on any atom is 0.337 e. The minimum atomic E-state index is -0.890. The molecule has 8 heteroatoms. The van der Waals surface area contributed by atoms with Gasteiger partial charge in [0, 0.05) is 29.2 Å². The smallest absolute Gasteiger partial charge is 0.337 e. The number of hydrogen-bond acceptors (Lipinski definition) is 6. The van der Waals surface area contributed by atoms with Gasteiger partial charge in [0.1, 0.15) is 11.5 Å². The van der Waals surface area contributed by atoms with Gasteiger partial charge < -0.3 is 24.8 Å². The molecule has 3 N–H and O–H groups in total. The molecule has 8 nitrogen and oxygen atoms in total. The Kier molecular flexibility index (Phi) is 6.23. The van der Waals surface area contributed by atoms with E-state index in [2.05, 4.69) is 4.98 Å². The van der Waals surface area contributed by atoms with Gasteiger partial charge in [-0.05, 0) is 47.9 Å². The fourth-order valence-electron chi connectivity index (χ4n) is 4.76. The molecule has 0 saturated carbocycles. The number of hydrogen-bond donors (Lipinski definition) is 3. The third-order valence-electron chi connectivity index (χ3n) is 6.60. The van der Waals surface area contributed by atoms with Crippen molar-refractivity contribution in [2.45, 2.75) is 12.5 Å². The Hall–Kier alpha value is -4.85. The molecule has 3 aromatic carbocycles. The van der Waals surface area contributed by atoms with Crippen LogP contribution in [0.1, 0.15) is 33.1 Å². The SMILES string of the molecule is COC(=O)c1ccc(C2/C(=C(\O)c3cccc(O)c3)C(=O)C(=O)N2CCc2c[nH]c3ccccc23)cc1. The van der Waals surface area contributed by atoms with E-state index in [1.54, 1.807) is 30.3 Å². The number of para-hydroxylation sites is 1. The number of benzene rings is 3. The Morgan fingerprint density at radius 2 is 1.76 bits per heavy atom. The van der Waals surface area contributed by atoms with Crippen molar-refractivity contribution in [2.75, 3.05) is 13.7 Å². The number of nitrogens with one attached hydrogen (secondary N) is 1. The third kappa shape index (κ3) is 4.33. The fraction of sp³-hybridized carbons (Fsp3) is 0.138. The summed E-state index contributed by atoms with van der Waals surface area (Å²) in [5.41, 5.74) is 2.96. The lowest BCUT2D eigenvalue weighted by atomic mass is 9.94. The van der Waals surface area contributed by atoms with Crippen LogP contribution in [0.5, 0.6) is 5.75 Å². The van der Waals surface area contributed by atoms with Crippen LogP contribution in [0.4, 0.5) is 0 Å². The van der Waals surface area contributed by atoms with E-state index >= 15 is 0 Å². The molecule has 0 aliphatic carbocycles. The first-order valence-corrected chi connectivity index (χ1v) is 11.7. The molecule has 1 atom stereocenters. The molecule has 5 rings (SSSR count). The lowest BCUT2D eigenvalue weighted by Crippen LogP contribution is -2.31. The van der Waals surface area contributed by atoms with Crippen LogP contribution >= 0.6 is 0 Å². The molecule has 1 saturated heterocycles. The van der Waals surface area contributed by atoms with Crippen LogP contribution in [-0.4, -0.2) is 51.4 Å². The van der Waals surface area contributed by atoms with Crippen LogP contribution < -0.4 is 0 Å². The molecule has 1 fully saturated rings. The van der Waals surface area contributed by atoms with Crippen molar-refractivity contribution in [3.05, 3.63) is 107 Å². The number of fused-ring (bicyclic) bond motifs is 1. The number of rotatable bonds is 6. The minimum absolute atomic E-state index is 0.0830. The zero-order valence-electron chi connectivity index (χ0n) is 20.0. The van der Waals surface area contributed by atoms with Crippen LogP contribution in [0.3, 0.4) is 0 Å². The molecule has 1 aliphatic rings. The number of ketones is 1. The monoisotopic (exact) mass is 496 g/mol. The van der Waals surface area contributed by atoms with E-state index in [-0.39, 0.29) is 29.2 Å². The van der Waals surface area contributed by atoms with Gasteiger partial charge in [0.15, 0.2) is 0 Å². The van der Waals surface area contributed by atoms with E-state index in [1.807, 2.05) is 30.5 Å². The van der Waals surface area contributed by atoms with Gasteiger partial charge in [-0.1, -0.05) is 42.5 Å². The molecule has 1 aliphatic heterocycles. The van der Waals surface area contributed by atoms with Crippen molar-refractivity contribution in [3.63, 3.8) is 0 Å². The number of H-pyrrole nitrogens is 1. The number of amides is 1. The normalized spacial score (nSPS) is 16.9. The first-order chi connectivity index (χ1) is 17.9. The van der Waals surface area contributed by atoms with E-state index in [4.69, 9.17) is 4.74 Å². The molecular weight excluding hydrogens is 472 g/mol. The summed E-state index contributed by atoms with van der Waals surface area (Å²) >= 11 is 0. The number of phenolic OH excluding ortho intramolecular Hbond substituents is 1. The fourth-order valence-corrected chi connectivity index (χ4v) is 4.76. The lowest BCUT2D eigenvalue weighted by molar-refractivity contribution is -0.139. The number of phenols is 1. The lowest BCUT2D eigenvalue weighted by Gasteiger charge is -2.25. The zero-order valence-corrected chi connectivity index (χ0v) is 20.0. The Labute approximate surface area is 212 Å². The maximum atomic E-state index is 13.2. The minimum Gasteiger partial charge on any atom is -0.508 e. The highest BCUT2D eigenvalue weighted by molar-refractivity contribution is 6.46. The van der Waals surface area contributed by atoms with Crippen molar-refractivity contribution in [1.82, 2.24) is 9.88 Å². The highest BCUT2D eigenvalue weighted by atomic mass is 16.5. The number of methoxy groups -OCH3 is 1.